The second-order valence-corrected chi connectivity index (χ2v) is 37.3. The molecule has 3 fully saturated rings. The number of phosphoric acid groups is 2. The van der Waals surface area contributed by atoms with E-state index in [0.717, 1.165) is 77.4 Å². The van der Waals surface area contributed by atoms with Crippen molar-refractivity contribution in [2.45, 2.75) is 423 Å². The number of nitrogens with zero attached hydrogens (tertiary/aromatic N) is 1. The van der Waals surface area contributed by atoms with Crippen LogP contribution in [0.5, 0.6) is 0 Å². The number of unbranched alkanes of at least 4 members (excludes halogenated alkanes) is 30. The van der Waals surface area contributed by atoms with Crippen LogP contribution in [0.15, 0.2) is 87.3 Å². The fraction of sp³-hybridized carbons (Fsp3) is 0.809. The third kappa shape index (κ3) is 74.3. The molecule has 2 amide bonds. The molecule has 3 aliphatic heterocycles. The Bertz CT molecular complexity index is 2730. The van der Waals surface area contributed by atoms with Crippen molar-refractivity contribution >= 4 is 68.7 Å². The minimum Gasteiger partial charge on any atom is -1.00 e. The SMILES string of the molecule is C1CCOC1.C=CCOP(=O)(OCC=C)O[C@H]1[C@H](OCC[C@H](C)CCCCCCC)[C@@H](NC(=O)CCCCCCCCC/C=C\CCCCCC)[C@H](O)O[C@@H]1CC.C=CCOP(=O)(OCC=C)O[C@H]1[C@H](OCC[C@H](C)CCCCCCC)[C@@H](NC(=O)CCCCCCCCC/C=C\CCCCCC)[C@H](O/C=C\C)O[C@@H]1CC.N#CC(Cl)(Cl)Cl.O=CO[O-].[H-].[K+].[K+]. The summed E-state index contributed by atoms with van der Waals surface area (Å²) in [5.74, 6) is 0.609. The molecule has 0 aromatic heterocycles. The number of aliphatic hydroxyl groups is 1. The van der Waals surface area contributed by atoms with Crippen molar-refractivity contribution in [1.29, 1.82) is 5.26 Å². The zero-order valence-electron chi connectivity index (χ0n) is 80.0. The summed E-state index contributed by atoms with van der Waals surface area (Å²) in [7, 11) is -8.22. The molecule has 0 spiro atoms. The van der Waals surface area contributed by atoms with E-state index in [4.69, 9.17) is 106 Å². The van der Waals surface area contributed by atoms with E-state index in [1.165, 1.54) is 236 Å². The topological polar surface area (TPSA) is 296 Å². The van der Waals surface area contributed by atoms with Crippen LogP contribution in [-0.4, -0.2) is 141 Å². The number of carbonyl (C=O) groups is 3. The smallest absolute Gasteiger partial charge is 1.00 e. The molecule has 12 atom stereocenters. The number of amides is 2. The maximum Gasteiger partial charge on any atom is 1.00 e. The summed E-state index contributed by atoms with van der Waals surface area (Å²) < 4.78 is 96.9. The van der Waals surface area contributed by atoms with Crippen LogP contribution in [-0.2, 0) is 84.0 Å². The van der Waals surface area contributed by atoms with Crippen LogP contribution in [0.2, 0.25) is 0 Å². The van der Waals surface area contributed by atoms with Gasteiger partial charge in [0, 0.05) is 39.3 Å². The Morgan fingerprint density at radius 1 is 0.524 bits per heavy atom. The zero-order valence-corrected chi connectivity index (χ0v) is 89.3. The van der Waals surface area contributed by atoms with Gasteiger partial charge in [-0.2, -0.15) is 5.26 Å². The first-order valence-electron chi connectivity index (χ1n) is 46.7. The van der Waals surface area contributed by atoms with E-state index in [1.54, 1.807) is 12.3 Å². The van der Waals surface area contributed by atoms with Gasteiger partial charge in [-0.05, 0) is 121 Å². The first-order chi connectivity index (χ1) is 59.0. The van der Waals surface area contributed by atoms with Crippen LogP contribution < -0.4 is 119 Å². The molecular formula is C94H170Cl3K2N3O20P2. The van der Waals surface area contributed by atoms with Crippen molar-refractivity contribution < 1.29 is 199 Å². The van der Waals surface area contributed by atoms with Gasteiger partial charge in [0.15, 0.2) is 6.29 Å². The summed E-state index contributed by atoms with van der Waals surface area (Å²) in [4.78, 5) is 38.0. The first-order valence-corrected chi connectivity index (χ1v) is 50.8. The minimum absolute atomic E-state index is 0. The molecule has 30 heteroatoms. The second-order valence-electron chi connectivity index (χ2n) is 31.7. The molecule has 3 rings (SSSR count). The van der Waals surface area contributed by atoms with Crippen LogP contribution in [0.4, 0.5) is 0 Å². The third-order valence-electron chi connectivity index (χ3n) is 20.8. The average Bonchev–Trinajstić information content (AvgIpc) is 1.73. The van der Waals surface area contributed by atoms with E-state index in [0.29, 0.717) is 50.7 Å². The summed E-state index contributed by atoms with van der Waals surface area (Å²) in [6.45, 7) is 36.2. The Morgan fingerprint density at radius 2 is 0.839 bits per heavy atom. The third-order valence-corrected chi connectivity index (χ3v) is 23.9. The number of alkyl halides is 3. The van der Waals surface area contributed by atoms with Gasteiger partial charge in [0.1, 0.15) is 42.6 Å². The number of hydrogen-bond donors (Lipinski definition) is 3. The zero-order chi connectivity index (χ0) is 90.9. The fourth-order valence-electron chi connectivity index (χ4n) is 13.8. The minimum atomic E-state index is -4.11. The summed E-state index contributed by atoms with van der Waals surface area (Å²) in [6.07, 6.45) is 63.1. The van der Waals surface area contributed by atoms with E-state index < -0.39 is 80.7 Å². The number of rotatable bonds is 73. The standard InChI is InChI=1S/C45H82NO8P.C42H78NO8P.C4H8O.C2Cl3N.CH2O3.2K.H/c1-8-14-16-18-19-20-21-22-23-24-25-26-27-29-31-33-41(47)46-42-44(49-38-34-39(7)32-30-28-17-15-9-2)43(40(13-6)53-45(42)50-35-10-3)54-55(48,51-36-11-4)52-37-12-5;1-7-12-14-16-17-18-19-20-21-22-23-24-25-27-29-31-38(44)43-39-41(47-35-32-36(6)30-28-26-15-13-8-2)40(37(11-5)50-42(39)45)51-52(46,48-33-9-3)49-34-10-4;1-2-4-5-3-1;3-2(4,5)1-6;2-1-4-3;;;/h10-12,20-21,35,39-40,42-45H,4-5,8-9,13-19,22-34,36-38H2,1-3,6-7H3,(H,46,47);9-10,18-19,36-37,39-42,45H,3-4,7-8,11-17,20-35H2,1-2,5-6H3,(H,43,44);1-4H2;;1,3H;;;/q;;;;;2*+1;-1/p-1/b21-20-,35-10-;19-18-;;;;;;/t39-,40-,42-,43-,44-,45-;36-,37-,39-,40-,41-,42-;;;;;;/m11....../s1. The predicted molar refractivity (Wildman–Crippen MR) is 496 cm³/mol. The van der Waals surface area contributed by atoms with Crippen molar-refractivity contribution in [3.8, 4) is 6.07 Å². The molecule has 0 saturated carbocycles. The van der Waals surface area contributed by atoms with Gasteiger partial charge < -0.3 is 55.7 Å². The number of hydrogen-bond acceptors (Lipinski definition) is 21. The Hall–Kier alpha value is -0.0373. The molecule has 3 aliphatic rings. The number of halogens is 3. The van der Waals surface area contributed by atoms with Crippen molar-refractivity contribution in [1.82, 2.24) is 10.6 Å². The maximum atomic E-state index is 13.9. The van der Waals surface area contributed by atoms with Gasteiger partial charge in [0.2, 0.25) is 18.1 Å². The molecular weight excluding hydrogens is 1740 g/mol. The van der Waals surface area contributed by atoms with Gasteiger partial charge >= 0.3 is 118 Å². The summed E-state index contributed by atoms with van der Waals surface area (Å²) in [5, 5.41) is 33.5. The molecule has 3 saturated heterocycles. The Balaban J connectivity index is -0.000000643. The van der Waals surface area contributed by atoms with Crippen LogP contribution in [0.1, 0.15) is 359 Å². The molecule has 124 heavy (non-hydrogen) atoms. The summed E-state index contributed by atoms with van der Waals surface area (Å²) in [5.41, 5.74) is 0. The molecule has 0 bridgehead atoms. The number of carbonyl (C=O) groups excluding carboxylic acids is 3. The van der Waals surface area contributed by atoms with Crippen molar-refractivity contribution in [2.75, 3.05) is 52.9 Å². The number of phosphoric ester groups is 2. The average molecular weight is 1910 g/mol. The molecule has 0 unspecified atom stereocenters. The van der Waals surface area contributed by atoms with Crippen LogP contribution >= 0.6 is 50.4 Å². The summed E-state index contributed by atoms with van der Waals surface area (Å²) >= 11 is 14.7. The first kappa shape index (κ1) is 130. The van der Waals surface area contributed by atoms with E-state index in [2.05, 4.69) is 108 Å². The quantitative estimate of drug-likeness (QED) is 0.00586. The van der Waals surface area contributed by atoms with E-state index in [1.807, 2.05) is 20.8 Å². The molecule has 3 heterocycles. The molecule has 0 aromatic carbocycles. The van der Waals surface area contributed by atoms with E-state index in [-0.39, 0.29) is 149 Å². The molecule has 0 aromatic rings. The van der Waals surface area contributed by atoms with Gasteiger partial charge in [0.05, 0.1) is 44.9 Å². The van der Waals surface area contributed by atoms with Crippen molar-refractivity contribution in [3.05, 3.63) is 87.3 Å². The second kappa shape index (κ2) is 92.0. The predicted octanol–water partition coefficient (Wildman–Crippen LogP) is 19.4. The van der Waals surface area contributed by atoms with Crippen LogP contribution in [0.3, 0.4) is 0 Å². The molecule has 23 nitrogen and oxygen atoms in total. The van der Waals surface area contributed by atoms with Crippen molar-refractivity contribution in [3.63, 3.8) is 0 Å². The van der Waals surface area contributed by atoms with Crippen molar-refractivity contribution in [2.24, 2.45) is 11.8 Å². The van der Waals surface area contributed by atoms with Gasteiger partial charge in [-0.25, -0.2) is 9.13 Å². The molecule has 714 valence electrons. The number of aliphatic hydroxyl groups excluding tert-OH is 1. The fourth-order valence-corrected chi connectivity index (χ4v) is 16.5. The maximum absolute atomic E-state index is 13.9. The van der Waals surface area contributed by atoms with Gasteiger partial charge in [-0.15, -0.1) is 26.3 Å². The summed E-state index contributed by atoms with van der Waals surface area (Å²) in [6, 6.07) is -0.265. The van der Waals surface area contributed by atoms with Gasteiger partial charge in [-0.3, -0.25) is 41.5 Å². The Morgan fingerprint density at radius 3 is 1.15 bits per heavy atom. The normalized spacial score (nSPS) is 19.9. The number of nitriles is 1. The number of allylic oxidation sites excluding steroid dienone is 5. The van der Waals surface area contributed by atoms with Crippen LogP contribution in [0, 0.1) is 23.2 Å². The Labute approximate surface area is 854 Å². The number of nitrogens with one attached hydrogen (secondary N) is 2. The Kier molecular flexibility index (Phi) is 96.7. The largest absolute Gasteiger partial charge is 1.00 e. The monoisotopic (exact) mass is 1910 g/mol. The molecule has 3 N–H and O–H groups in total. The molecule has 0 radical (unpaired) electrons. The molecule has 0 aliphatic carbocycles. The van der Waals surface area contributed by atoms with Gasteiger partial charge in [-0.1, -0.05) is 325 Å². The van der Waals surface area contributed by atoms with Crippen LogP contribution in [0.25, 0.3) is 0 Å². The van der Waals surface area contributed by atoms with Gasteiger partial charge in [0.25, 0.3) is 10.3 Å². The van der Waals surface area contributed by atoms with E-state index >= 15 is 0 Å². The number of ether oxygens (including phenoxy) is 6. The van der Waals surface area contributed by atoms with E-state index in [9.17, 15) is 23.8 Å².